The average molecular weight is 612 g/mol. The predicted octanol–water partition coefficient (Wildman–Crippen LogP) is 9.87. The maximum Gasteiger partial charge on any atom is 0.416 e. The van der Waals surface area contributed by atoms with Crippen molar-refractivity contribution in [2.45, 2.75) is 77.5 Å². The lowest BCUT2D eigenvalue weighted by Gasteiger charge is -2.25. The summed E-state index contributed by atoms with van der Waals surface area (Å²) in [4.78, 5) is 14.4. The number of carbonyl (C=O) groups is 1. The van der Waals surface area contributed by atoms with Crippen LogP contribution in [-0.2, 0) is 23.6 Å². The molecule has 0 saturated carbocycles. The third-order valence-corrected chi connectivity index (χ3v) is 7.70. The molecule has 0 aliphatic carbocycles. The number of halogens is 7. The molecule has 3 aromatic rings. The third kappa shape index (κ3) is 6.60. The zero-order valence-electron chi connectivity index (χ0n) is 24.5. The molecule has 43 heavy (non-hydrogen) atoms. The van der Waals surface area contributed by atoms with Crippen molar-refractivity contribution >= 4 is 6.09 Å². The number of nitrogens with zero attached hydrogens (tertiary/aromatic N) is 1. The van der Waals surface area contributed by atoms with E-state index in [1.165, 1.54) is 25.0 Å². The van der Waals surface area contributed by atoms with Crippen LogP contribution in [0.2, 0.25) is 0 Å². The molecule has 2 atom stereocenters. The number of benzene rings is 3. The van der Waals surface area contributed by atoms with Crippen LogP contribution in [0.4, 0.5) is 35.5 Å². The van der Waals surface area contributed by atoms with Crippen molar-refractivity contribution < 1.29 is 45.0 Å². The molecular weight excluding hydrogens is 579 g/mol. The third-order valence-electron chi connectivity index (χ3n) is 7.70. The van der Waals surface area contributed by atoms with E-state index < -0.39 is 53.1 Å². The van der Waals surface area contributed by atoms with E-state index in [4.69, 9.17) is 9.47 Å². The van der Waals surface area contributed by atoms with Crippen molar-refractivity contribution in [3.05, 3.63) is 87.7 Å². The highest BCUT2D eigenvalue weighted by atomic mass is 19.4. The molecule has 1 saturated heterocycles. The Morgan fingerprint density at radius 2 is 1.47 bits per heavy atom. The number of amides is 1. The van der Waals surface area contributed by atoms with Crippen molar-refractivity contribution in [1.82, 2.24) is 4.90 Å². The standard InChI is InChI=1S/C32H32F7NO3/c1-16(2)19-7-8-24(26-13-25(17(3)4)27(33)14-28(26)42-6)21(9-19)15-40-18(5)29(43-30(40)41)20-10-22(31(34,35)36)12-23(11-20)32(37,38)39/h7-14,16-18,29H,15H2,1-6H3/t18-,29-/m0/s1. The first-order valence-corrected chi connectivity index (χ1v) is 13.7. The van der Waals surface area contributed by atoms with Gasteiger partial charge in [0, 0.05) is 11.6 Å². The van der Waals surface area contributed by atoms with E-state index in [2.05, 4.69) is 0 Å². The lowest BCUT2D eigenvalue weighted by molar-refractivity contribution is -0.143. The Labute approximate surface area is 245 Å². The minimum absolute atomic E-state index is 0.0356. The number of hydrogen-bond donors (Lipinski definition) is 0. The molecule has 232 valence electrons. The molecule has 0 bridgehead atoms. The quantitative estimate of drug-likeness (QED) is 0.250. The van der Waals surface area contributed by atoms with E-state index in [-0.39, 0.29) is 30.2 Å². The second-order valence-corrected chi connectivity index (χ2v) is 11.3. The summed E-state index contributed by atoms with van der Waals surface area (Å²) in [5.74, 6) is -0.226. The van der Waals surface area contributed by atoms with Gasteiger partial charge in [-0.1, -0.05) is 45.9 Å². The summed E-state index contributed by atoms with van der Waals surface area (Å²) in [5, 5.41) is 0. The summed E-state index contributed by atoms with van der Waals surface area (Å²) < 4.78 is 107. The maximum atomic E-state index is 14.8. The molecule has 4 nitrogen and oxygen atoms in total. The molecule has 0 unspecified atom stereocenters. The number of rotatable bonds is 7. The van der Waals surface area contributed by atoms with Crippen molar-refractivity contribution in [2.75, 3.05) is 7.11 Å². The Hall–Kier alpha value is -3.76. The van der Waals surface area contributed by atoms with Gasteiger partial charge in [-0.2, -0.15) is 26.3 Å². The highest BCUT2D eigenvalue weighted by Crippen LogP contribution is 2.43. The van der Waals surface area contributed by atoms with Crippen LogP contribution in [0.1, 0.15) is 85.9 Å². The molecule has 1 aliphatic heterocycles. The Kier molecular flexibility index (Phi) is 8.77. The fraction of sp³-hybridized carbons (Fsp3) is 0.406. The number of ether oxygens (including phenoxy) is 2. The number of carbonyl (C=O) groups excluding carboxylic acids is 1. The van der Waals surface area contributed by atoms with E-state index >= 15 is 0 Å². The molecule has 1 amide bonds. The molecule has 1 heterocycles. The lowest BCUT2D eigenvalue weighted by atomic mass is 9.90. The number of cyclic esters (lactones) is 1. The minimum atomic E-state index is -5.04. The fourth-order valence-corrected chi connectivity index (χ4v) is 5.25. The first-order valence-electron chi connectivity index (χ1n) is 13.7. The van der Waals surface area contributed by atoms with Crippen LogP contribution >= 0.6 is 0 Å². The SMILES string of the molecule is COc1cc(F)c(C(C)C)cc1-c1ccc(C(C)C)cc1CN1C(=O)O[C@H](c2cc(C(F)(F)F)cc(C(F)(F)F)c2)[C@@H]1C. The Bertz CT molecular complexity index is 1480. The van der Waals surface area contributed by atoms with E-state index in [0.717, 1.165) is 5.56 Å². The van der Waals surface area contributed by atoms with Crippen LogP contribution in [-0.4, -0.2) is 24.1 Å². The van der Waals surface area contributed by atoms with Gasteiger partial charge < -0.3 is 9.47 Å². The number of methoxy groups -OCH3 is 1. The molecule has 0 N–H and O–H groups in total. The molecular formula is C32H32F7NO3. The Morgan fingerprint density at radius 3 is 1.98 bits per heavy atom. The van der Waals surface area contributed by atoms with Crippen molar-refractivity contribution in [1.29, 1.82) is 0 Å². The van der Waals surface area contributed by atoms with Crippen LogP contribution in [0.25, 0.3) is 11.1 Å². The first-order chi connectivity index (χ1) is 19.9. The molecule has 0 spiro atoms. The van der Waals surface area contributed by atoms with Crippen LogP contribution < -0.4 is 4.74 Å². The van der Waals surface area contributed by atoms with Crippen molar-refractivity contribution in [3.63, 3.8) is 0 Å². The summed E-state index contributed by atoms with van der Waals surface area (Å²) >= 11 is 0. The van der Waals surface area contributed by atoms with Gasteiger partial charge in [0.2, 0.25) is 0 Å². The van der Waals surface area contributed by atoms with E-state index in [1.54, 1.807) is 6.07 Å². The van der Waals surface area contributed by atoms with Crippen molar-refractivity contribution in [3.8, 4) is 16.9 Å². The zero-order valence-corrected chi connectivity index (χ0v) is 24.5. The van der Waals surface area contributed by atoms with Crippen LogP contribution in [0.5, 0.6) is 5.75 Å². The summed E-state index contributed by atoms with van der Waals surface area (Å²) in [6, 6.07) is 8.85. The summed E-state index contributed by atoms with van der Waals surface area (Å²) in [7, 11) is 1.41. The normalized spacial score (nSPS) is 17.7. The largest absolute Gasteiger partial charge is 0.496 e. The summed E-state index contributed by atoms with van der Waals surface area (Å²) in [5.41, 5.74) is -0.196. The number of alkyl halides is 6. The molecule has 3 aromatic carbocycles. The van der Waals surface area contributed by atoms with Gasteiger partial charge in [0.25, 0.3) is 0 Å². The van der Waals surface area contributed by atoms with Gasteiger partial charge in [0.1, 0.15) is 17.7 Å². The Balaban J connectivity index is 1.79. The number of hydrogen-bond acceptors (Lipinski definition) is 3. The summed E-state index contributed by atoms with van der Waals surface area (Å²) in [6.45, 7) is 9.07. The van der Waals surface area contributed by atoms with Gasteiger partial charge >= 0.3 is 18.4 Å². The van der Waals surface area contributed by atoms with Gasteiger partial charge in [-0.15, -0.1) is 0 Å². The minimum Gasteiger partial charge on any atom is -0.496 e. The molecule has 4 rings (SSSR count). The van der Waals surface area contributed by atoms with E-state index in [0.29, 0.717) is 34.4 Å². The van der Waals surface area contributed by atoms with Crippen LogP contribution in [0.3, 0.4) is 0 Å². The molecule has 1 fully saturated rings. The monoisotopic (exact) mass is 611 g/mol. The van der Waals surface area contributed by atoms with E-state index in [1.807, 2.05) is 45.9 Å². The molecule has 1 aliphatic rings. The van der Waals surface area contributed by atoms with Crippen molar-refractivity contribution in [2.24, 2.45) is 0 Å². The van der Waals surface area contributed by atoms with Crippen LogP contribution in [0.15, 0.2) is 48.5 Å². The van der Waals surface area contributed by atoms with Crippen LogP contribution in [0, 0.1) is 5.82 Å². The highest BCUT2D eigenvalue weighted by molar-refractivity contribution is 5.76. The van der Waals surface area contributed by atoms with E-state index in [9.17, 15) is 35.5 Å². The highest BCUT2D eigenvalue weighted by Gasteiger charge is 2.43. The van der Waals surface area contributed by atoms with Gasteiger partial charge in [-0.05, 0) is 70.8 Å². The second-order valence-electron chi connectivity index (χ2n) is 11.3. The average Bonchev–Trinajstić information content (AvgIpc) is 3.19. The second kappa shape index (κ2) is 11.7. The smallest absolute Gasteiger partial charge is 0.416 e. The molecule has 11 heteroatoms. The van der Waals surface area contributed by atoms with Gasteiger partial charge in [0.05, 0.1) is 30.8 Å². The molecule has 0 radical (unpaired) electrons. The lowest BCUT2D eigenvalue weighted by Crippen LogP contribution is -2.31. The predicted molar refractivity (Wildman–Crippen MR) is 147 cm³/mol. The van der Waals surface area contributed by atoms with Gasteiger partial charge in [-0.25, -0.2) is 9.18 Å². The van der Waals surface area contributed by atoms with Gasteiger partial charge in [-0.3, -0.25) is 4.90 Å². The summed E-state index contributed by atoms with van der Waals surface area (Å²) in [6.07, 6.45) is -12.4. The van der Waals surface area contributed by atoms with Gasteiger partial charge in [0.15, 0.2) is 0 Å². The molecule has 0 aromatic heterocycles. The first kappa shape index (κ1) is 32.2. The fourth-order valence-electron chi connectivity index (χ4n) is 5.25. The zero-order chi connectivity index (χ0) is 32.0. The Morgan fingerprint density at radius 1 is 0.860 bits per heavy atom. The maximum absolute atomic E-state index is 14.8. The topological polar surface area (TPSA) is 38.8 Å².